The zero-order valence-electron chi connectivity index (χ0n) is 38.0. The molecule has 0 N–H and O–H groups in total. The van der Waals surface area contributed by atoms with Gasteiger partial charge in [-0.1, -0.05) is 144 Å². The van der Waals surface area contributed by atoms with E-state index < -0.39 is 5.97 Å². The summed E-state index contributed by atoms with van der Waals surface area (Å²) in [5.74, 6) is 1.41. The number of carbonyl (C=O) groups excluding carboxylic acids is 5. The Hall–Kier alpha value is -2.96. The molecular weight excluding hydrogens is 906 g/mol. The minimum atomic E-state index is -0.433. The molecule has 11 nitrogen and oxygen atoms in total. The zero-order chi connectivity index (χ0) is 47.6. The van der Waals surface area contributed by atoms with Gasteiger partial charge in [-0.05, 0) is 99.1 Å². The highest BCUT2D eigenvalue weighted by atomic mass is 35.5. The Labute approximate surface area is 395 Å². The number of aryl methyl sites for hydroxylation is 1. The second-order valence-electron chi connectivity index (χ2n) is 15.3. The molecule has 0 aliphatic heterocycles. The van der Waals surface area contributed by atoms with E-state index in [0.717, 1.165) is 44.1 Å². The quantitative estimate of drug-likeness (QED) is 0.0850. The number of benzene rings is 2. The maximum absolute atomic E-state index is 11.4. The molecule has 1 aliphatic carbocycles. The molecule has 2 aromatic carbocycles. The van der Waals surface area contributed by atoms with Gasteiger partial charge in [-0.15, -0.1) is 0 Å². The number of hydrogen-bond donors (Lipinski definition) is 0. The van der Waals surface area contributed by atoms with Gasteiger partial charge in [0.1, 0.15) is 5.75 Å². The topological polar surface area (TPSA) is 141 Å². The number of ether oxygens (including phenoxy) is 6. The predicted molar refractivity (Wildman–Crippen MR) is 249 cm³/mol. The maximum Gasteiger partial charge on any atom is 0.339 e. The third-order valence-corrected chi connectivity index (χ3v) is 9.95. The second kappa shape index (κ2) is 37.4. The molecule has 0 spiro atoms. The van der Waals surface area contributed by atoms with E-state index in [0.29, 0.717) is 40.5 Å². The molecule has 0 radical (unpaired) electrons. The first kappa shape index (κ1) is 61.1. The largest absolute Gasteiger partial charge is 0.497 e. The minimum Gasteiger partial charge on any atom is -0.497 e. The van der Waals surface area contributed by atoms with Crippen LogP contribution >= 0.6 is 58.0 Å². The highest BCUT2D eigenvalue weighted by Gasteiger charge is 2.30. The van der Waals surface area contributed by atoms with E-state index in [4.69, 9.17) is 77.0 Å². The standard InChI is InChI=1S/C10H17ClO2.C9H9ClO3.C9H9ClO2.2C9H17ClO2/c1-7-3-8(2)5-9(4-7)10(12)13-6-11;1-12-8-4-2-7(3-5-8)9(11)13-6-10;1-7-2-4-8(5-3-7)9(11)12-6-10;1-6(2)8(7(3)4)9(11)12-5-10;1-3-5-8(6-4-2)9(11)12-7-10/h7-9H,3-6H2,1-2H3;2-5H,6H2,1H3;2-5H,6H2,1H3;6-8H,5H2,1-4H3;8H,3-7H2,1-2H3. The highest BCUT2D eigenvalue weighted by molar-refractivity contribution is 6.18. The fraction of sp³-hybridized carbons (Fsp3) is 0.630. The molecule has 0 saturated heterocycles. The summed E-state index contributed by atoms with van der Waals surface area (Å²) in [6.45, 7) is 18.5. The molecule has 1 fully saturated rings. The Morgan fingerprint density at radius 3 is 1.32 bits per heavy atom. The lowest BCUT2D eigenvalue weighted by Gasteiger charge is -2.29. The fourth-order valence-corrected chi connectivity index (χ4v) is 7.23. The number of esters is 5. The molecule has 2 atom stereocenters. The first-order chi connectivity index (χ1) is 29.4. The van der Waals surface area contributed by atoms with Crippen LogP contribution in [-0.2, 0) is 38.1 Å². The number of methoxy groups -OCH3 is 1. The van der Waals surface area contributed by atoms with Gasteiger partial charge in [0.15, 0.2) is 30.3 Å². The molecular formula is C46H69Cl5O11. The summed E-state index contributed by atoms with van der Waals surface area (Å²) in [5.41, 5.74) is 2.10. The van der Waals surface area contributed by atoms with Gasteiger partial charge in [0.2, 0.25) is 0 Å². The van der Waals surface area contributed by atoms with Gasteiger partial charge in [0.05, 0.1) is 36.0 Å². The van der Waals surface area contributed by atoms with Crippen molar-refractivity contribution in [3.8, 4) is 5.75 Å². The molecule has 0 heterocycles. The molecule has 2 aromatic rings. The Bertz CT molecular complexity index is 1480. The van der Waals surface area contributed by atoms with Gasteiger partial charge in [0.25, 0.3) is 0 Å². The van der Waals surface area contributed by atoms with E-state index in [2.05, 4.69) is 37.2 Å². The van der Waals surface area contributed by atoms with E-state index >= 15 is 0 Å². The Kier molecular flexibility index (Phi) is 36.9. The third kappa shape index (κ3) is 28.0. The molecule has 2 unspecified atom stereocenters. The van der Waals surface area contributed by atoms with Crippen LogP contribution in [0.4, 0.5) is 0 Å². The van der Waals surface area contributed by atoms with Crippen LogP contribution in [-0.4, -0.2) is 67.3 Å². The van der Waals surface area contributed by atoms with Crippen molar-refractivity contribution in [1.29, 1.82) is 0 Å². The number of hydrogen-bond acceptors (Lipinski definition) is 11. The molecule has 16 heteroatoms. The van der Waals surface area contributed by atoms with Gasteiger partial charge in [0, 0.05) is 0 Å². The van der Waals surface area contributed by atoms with Gasteiger partial charge >= 0.3 is 29.8 Å². The minimum absolute atomic E-state index is 0.0158. The fourth-order valence-electron chi connectivity index (χ4n) is 6.71. The van der Waals surface area contributed by atoms with Crippen molar-refractivity contribution >= 4 is 87.9 Å². The van der Waals surface area contributed by atoms with E-state index in [1.54, 1.807) is 43.5 Å². The monoisotopic (exact) mass is 972 g/mol. The van der Waals surface area contributed by atoms with Crippen molar-refractivity contribution in [3.05, 3.63) is 65.2 Å². The third-order valence-electron chi connectivity index (χ3n) is 9.40. The highest BCUT2D eigenvalue weighted by Crippen LogP contribution is 2.33. The summed E-state index contributed by atoms with van der Waals surface area (Å²) in [7, 11) is 1.56. The van der Waals surface area contributed by atoms with E-state index in [-0.39, 0.29) is 72.0 Å². The van der Waals surface area contributed by atoms with Crippen molar-refractivity contribution in [2.75, 3.05) is 37.4 Å². The Morgan fingerprint density at radius 2 is 0.968 bits per heavy atom. The number of alkyl halides is 5. The number of carbonyl (C=O) groups is 5. The molecule has 62 heavy (non-hydrogen) atoms. The summed E-state index contributed by atoms with van der Waals surface area (Å²) >= 11 is 26.4. The normalized spacial score (nSPS) is 15.2. The zero-order valence-corrected chi connectivity index (χ0v) is 41.8. The summed E-state index contributed by atoms with van der Waals surface area (Å²) in [5, 5.41) is 0. The lowest BCUT2D eigenvalue weighted by atomic mass is 9.77. The summed E-state index contributed by atoms with van der Waals surface area (Å²) in [4.78, 5) is 56.1. The van der Waals surface area contributed by atoms with Crippen LogP contribution < -0.4 is 4.74 Å². The lowest BCUT2D eigenvalue weighted by molar-refractivity contribution is -0.150. The van der Waals surface area contributed by atoms with E-state index in [1.807, 2.05) is 46.8 Å². The number of halogens is 5. The molecule has 1 saturated carbocycles. The van der Waals surface area contributed by atoms with Crippen molar-refractivity contribution in [2.24, 2.45) is 41.4 Å². The van der Waals surface area contributed by atoms with Crippen molar-refractivity contribution in [3.63, 3.8) is 0 Å². The van der Waals surface area contributed by atoms with Gasteiger partial charge in [-0.25, -0.2) is 9.59 Å². The van der Waals surface area contributed by atoms with E-state index in [9.17, 15) is 24.0 Å². The molecule has 354 valence electrons. The average molecular weight is 975 g/mol. The molecule has 1 aliphatic rings. The summed E-state index contributed by atoms with van der Waals surface area (Å²) in [6, 6.07) is 13.4. The second-order valence-corrected chi connectivity index (χ2v) is 16.4. The van der Waals surface area contributed by atoms with Crippen LogP contribution in [0.2, 0.25) is 0 Å². The van der Waals surface area contributed by atoms with Crippen molar-refractivity contribution in [2.45, 2.75) is 107 Å². The molecule has 3 rings (SSSR count). The smallest absolute Gasteiger partial charge is 0.339 e. The van der Waals surface area contributed by atoms with Crippen molar-refractivity contribution < 1.29 is 52.4 Å². The maximum atomic E-state index is 11.4. The first-order valence-electron chi connectivity index (χ1n) is 20.8. The summed E-state index contributed by atoms with van der Waals surface area (Å²) < 4.78 is 28.4. The first-order valence-corrected chi connectivity index (χ1v) is 23.4. The number of rotatable bonds is 17. The molecule has 0 bridgehead atoms. The van der Waals surface area contributed by atoms with Crippen LogP contribution in [0.25, 0.3) is 0 Å². The van der Waals surface area contributed by atoms with Crippen LogP contribution in [0.15, 0.2) is 48.5 Å². The van der Waals surface area contributed by atoms with Crippen LogP contribution in [0.3, 0.4) is 0 Å². The van der Waals surface area contributed by atoms with E-state index in [1.165, 1.54) is 6.42 Å². The molecule has 0 aromatic heterocycles. The van der Waals surface area contributed by atoms with Crippen LogP contribution in [0.1, 0.15) is 127 Å². The SMILES string of the molecule is CC(C)C(C(=O)OCCl)C(C)C.CC1CC(C)CC(C(=O)OCCl)C1.CCCC(CCC)C(=O)OCCl.COc1ccc(C(=O)OCCl)cc1.Cc1ccc(C(=O)OCCl)cc1. The van der Waals surface area contributed by atoms with Crippen LogP contribution in [0, 0.1) is 48.3 Å². The van der Waals surface area contributed by atoms with Crippen LogP contribution in [0.5, 0.6) is 5.75 Å². The Morgan fingerprint density at radius 1 is 0.581 bits per heavy atom. The predicted octanol–water partition coefficient (Wildman–Crippen LogP) is 12.8. The molecule has 0 amide bonds. The van der Waals surface area contributed by atoms with Gasteiger partial charge < -0.3 is 28.4 Å². The lowest BCUT2D eigenvalue weighted by Crippen LogP contribution is -2.27. The van der Waals surface area contributed by atoms with Gasteiger partial charge in [-0.3, -0.25) is 14.4 Å². The Balaban J connectivity index is 0. The van der Waals surface area contributed by atoms with Crippen molar-refractivity contribution in [1.82, 2.24) is 0 Å². The van der Waals surface area contributed by atoms with Gasteiger partial charge in [-0.2, -0.15) is 0 Å². The summed E-state index contributed by atoms with van der Waals surface area (Å²) in [6.07, 6.45) is 6.99. The average Bonchev–Trinajstić information content (AvgIpc) is 3.22.